The highest BCUT2D eigenvalue weighted by atomic mass is 16.5. The summed E-state index contributed by atoms with van der Waals surface area (Å²) in [4.78, 5) is 2.47. The Hall–Kier alpha value is -1.26. The number of nitrogens with zero attached hydrogens (tertiary/aromatic N) is 1. The molecule has 1 N–H and O–H groups in total. The van der Waals surface area contributed by atoms with E-state index in [-0.39, 0.29) is 5.41 Å². The highest BCUT2D eigenvalue weighted by Gasteiger charge is 2.25. The quantitative estimate of drug-likeness (QED) is 0.894. The molecule has 20 heavy (non-hydrogen) atoms. The Morgan fingerprint density at radius 1 is 1.10 bits per heavy atom. The van der Waals surface area contributed by atoms with Crippen LogP contribution in [0.25, 0.3) is 0 Å². The second-order valence-corrected chi connectivity index (χ2v) is 6.55. The molecular formula is C16H24N2O2. The summed E-state index contributed by atoms with van der Waals surface area (Å²) in [5.41, 5.74) is 1.37. The van der Waals surface area contributed by atoms with Gasteiger partial charge in [0.05, 0.1) is 13.2 Å². The van der Waals surface area contributed by atoms with E-state index in [1.807, 2.05) is 6.07 Å². The van der Waals surface area contributed by atoms with Gasteiger partial charge in [0.1, 0.15) is 0 Å². The van der Waals surface area contributed by atoms with Crippen molar-refractivity contribution in [2.24, 2.45) is 5.41 Å². The monoisotopic (exact) mass is 276 g/mol. The number of rotatable bonds is 2. The van der Waals surface area contributed by atoms with Crippen LogP contribution in [0, 0.1) is 5.41 Å². The lowest BCUT2D eigenvalue weighted by Gasteiger charge is -2.27. The van der Waals surface area contributed by atoms with Gasteiger partial charge in [0.15, 0.2) is 11.5 Å². The third kappa shape index (κ3) is 3.25. The van der Waals surface area contributed by atoms with E-state index in [2.05, 4.69) is 36.2 Å². The van der Waals surface area contributed by atoms with Gasteiger partial charge < -0.3 is 14.8 Å². The highest BCUT2D eigenvalue weighted by Crippen LogP contribution is 2.34. The Balaban J connectivity index is 1.71. The molecule has 0 spiro atoms. The minimum absolute atomic E-state index is 0.0672. The van der Waals surface area contributed by atoms with Crippen LogP contribution in [0.15, 0.2) is 18.2 Å². The van der Waals surface area contributed by atoms with E-state index in [0.29, 0.717) is 13.2 Å². The van der Waals surface area contributed by atoms with E-state index in [1.54, 1.807) is 0 Å². The molecule has 0 bridgehead atoms. The standard InChI is InChI=1S/C16H24N2O2/c1-16(2)11-19-14-4-3-13(9-15(14)20-12-16)10-18-7-5-17-6-8-18/h3-4,9,17H,5-8,10-12H2,1-2H3. The first-order valence-corrected chi connectivity index (χ1v) is 7.44. The molecule has 2 heterocycles. The number of hydrogen-bond donors (Lipinski definition) is 1. The number of nitrogens with one attached hydrogen (secondary N) is 1. The van der Waals surface area contributed by atoms with Gasteiger partial charge in [0.25, 0.3) is 0 Å². The van der Waals surface area contributed by atoms with Gasteiger partial charge in [-0.3, -0.25) is 4.90 Å². The van der Waals surface area contributed by atoms with Gasteiger partial charge in [-0.15, -0.1) is 0 Å². The Kier molecular flexibility index (Phi) is 3.85. The van der Waals surface area contributed by atoms with Crippen molar-refractivity contribution < 1.29 is 9.47 Å². The van der Waals surface area contributed by atoms with Crippen LogP contribution in [-0.4, -0.2) is 44.3 Å². The first-order chi connectivity index (χ1) is 9.62. The fourth-order valence-electron chi connectivity index (χ4n) is 2.60. The van der Waals surface area contributed by atoms with Crippen molar-refractivity contribution in [1.82, 2.24) is 10.2 Å². The maximum atomic E-state index is 5.94. The Labute approximate surface area is 121 Å². The summed E-state index contributed by atoms with van der Waals surface area (Å²) in [6.45, 7) is 11.1. The number of hydrogen-bond acceptors (Lipinski definition) is 4. The van der Waals surface area contributed by atoms with Crippen LogP contribution in [0.1, 0.15) is 19.4 Å². The van der Waals surface area contributed by atoms with Crippen LogP contribution < -0.4 is 14.8 Å². The second-order valence-electron chi connectivity index (χ2n) is 6.55. The van der Waals surface area contributed by atoms with Crippen LogP contribution in [0.4, 0.5) is 0 Å². The van der Waals surface area contributed by atoms with E-state index in [9.17, 15) is 0 Å². The third-order valence-corrected chi connectivity index (χ3v) is 3.86. The molecule has 1 aromatic rings. The van der Waals surface area contributed by atoms with Gasteiger partial charge in [0, 0.05) is 38.1 Å². The molecule has 0 unspecified atom stereocenters. The van der Waals surface area contributed by atoms with Gasteiger partial charge in [0.2, 0.25) is 0 Å². The summed E-state index contributed by atoms with van der Waals surface area (Å²) < 4.78 is 11.8. The molecule has 0 aromatic heterocycles. The van der Waals surface area contributed by atoms with Crippen LogP contribution in [0.3, 0.4) is 0 Å². The fraction of sp³-hybridized carbons (Fsp3) is 0.625. The minimum atomic E-state index is 0.0672. The SMILES string of the molecule is CC1(C)COc2ccc(CN3CCNCC3)cc2OC1. The van der Waals surface area contributed by atoms with Gasteiger partial charge in [-0.05, 0) is 17.7 Å². The molecule has 0 radical (unpaired) electrons. The Morgan fingerprint density at radius 3 is 2.55 bits per heavy atom. The van der Waals surface area contributed by atoms with Gasteiger partial charge in [-0.1, -0.05) is 19.9 Å². The maximum Gasteiger partial charge on any atom is 0.161 e. The van der Waals surface area contributed by atoms with Crippen molar-refractivity contribution in [1.29, 1.82) is 0 Å². The van der Waals surface area contributed by atoms with Crippen molar-refractivity contribution in [3.63, 3.8) is 0 Å². The number of benzene rings is 1. The largest absolute Gasteiger partial charge is 0.489 e. The average molecular weight is 276 g/mol. The van der Waals surface area contributed by atoms with Crippen molar-refractivity contribution >= 4 is 0 Å². The predicted octanol–water partition coefficient (Wildman–Crippen LogP) is 1.89. The lowest BCUT2D eigenvalue weighted by molar-refractivity contribution is 0.140. The molecule has 1 aromatic carbocycles. The molecule has 0 amide bonds. The number of piperazine rings is 1. The first kappa shape index (κ1) is 13.7. The predicted molar refractivity (Wildman–Crippen MR) is 79.4 cm³/mol. The fourth-order valence-corrected chi connectivity index (χ4v) is 2.60. The molecular weight excluding hydrogens is 252 g/mol. The van der Waals surface area contributed by atoms with E-state index >= 15 is 0 Å². The average Bonchev–Trinajstić information content (AvgIpc) is 2.59. The Bertz CT molecular complexity index is 468. The van der Waals surface area contributed by atoms with E-state index < -0.39 is 0 Å². The van der Waals surface area contributed by atoms with E-state index in [0.717, 1.165) is 44.2 Å². The Morgan fingerprint density at radius 2 is 1.80 bits per heavy atom. The molecule has 110 valence electrons. The number of ether oxygens (including phenoxy) is 2. The lowest BCUT2D eigenvalue weighted by Crippen LogP contribution is -2.42. The lowest BCUT2D eigenvalue weighted by atomic mass is 9.97. The first-order valence-electron chi connectivity index (χ1n) is 7.44. The van der Waals surface area contributed by atoms with E-state index in [4.69, 9.17) is 9.47 Å². The molecule has 4 nitrogen and oxygen atoms in total. The summed E-state index contributed by atoms with van der Waals surface area (Å²) >= 11 is 0. The van der Waals surface area contributed by atoms with Crippen molar-refractivity contribution in [2.75, 3.05) is 39.4 Å². The minimum Gasteiger partial charge on any atom is -0.489 e. The second kappa shape index (κ2) is 5.62. The van der Waals surface area contributed by atoms with Crippen molar-refractivity contribution in [2.45, 2.75) is 20.4 Å². The molecule has 3 rings (SSSR count). The van der Waals surface area contributed by atoms with Crippen LogP contribution in [-0.2, 0) is 6.54 Å². The van der Waals surface area contributed by atoms with Crippen LogP contribution in [0.5, 0.6) is 11.5 Å². The summed E-state index contributed by atoms with van der Waals surface area (Å²) in [5.74, 6) is 1.77. The van der Waals surface area contributed by atoms with Crippen molar-refractivity contribution in [3.05, 3.63) is 23.8 Å². The molecule has 0 saturated carbocycles. The summed E-state index contributed by atoms with van der Waals surface area (Å²) in [5, 5.41) is 3.38. The molecule has 2 aliphatic rings. The van der Waals surface area contributed by atoms with Crippen LogP contribution in [0.2, 0.25) is 0 Å². The zero-order valence-electron chi connectivity index (χ0n) is 12.4. The zero-order valence-corrected chi connectivity index (χ0v) is 12.4. The topological polar surface area (TPSA) is 33.7 Å². The maximum absolute atomic E-state index is 5.94. The van der Waals surface area contributed by atoms with Gasteiger partial charge in [-0.25, -0.2) is 0 Å². The third-order valence-electron chi connectivity index (χ3n) is 3.86. The smallest absolute Gasteiger partial charge is 0.161 e. The summed E-state index contributed by atoms with van der Waals surface area (Å²) in [6.07, 6.45) is 0. The highest BCUT2D eigenvalue weighted by molar-refractivity contribution is 5.43. The molecule has 4 heteroatoms. The normalized spacial score (nSPS) is 22.3. The summed E-state index contributed by atoms with van der Waals surface area (Å²) in [6, 6.07) is 6.34. The zero-order chi connectivity index (χ0) is 14.0. The molecule has 2 aliphatic heterocycles. The van der Waals surface area contributed by atoms with Gasteiger partial charge in [-0.2, -0.15) is 0 Å². The molecule has 0 aliphatic carbocycles. The summed E-state index contributed by atoms with van der Waals surface area (Å²) in [7, 11) is 0. The number of fused-ring (bicyclic) bond motifs is 1. The van der Waals surface area contributed by atoms with E-state index in [1.165, 1.54) is 5.56 Å². The molecule has 1 fully saturated rings. The van der Waals surface area contributed by atoms with Gasteiger partial charge >= 0.3 is 0 Å². The van der Waals surface area contributed by atoms with Crippen molar-refractivity contribution in [3.8, 4) is 11.5 Å². The molecule has 0 atom stereocenters. The molecule has 1 saturated heterocycles. The van der Waals surface area contributed by atoms with Crippen LogP contribution >= 0.6 is 0 Å².